The summed E-state index contributed by atoms with van der Waals surface area (Å²) < 4.78 is 20.8. The first-order valence-corrected chi connectivity index (χ1v) is 8.06. The van der Waals surface area contributed by atoms with Crippen LogP contribution < -0.4 is 10.1 Å². The molecular formula is C17H19FINO. The van der Waals surface area contributed by atoms with E-state index >= 15 is 0 Å². The van der Waals surface area contributed by atoms with Crippen LogP contribution in [0.3, 0.4) is 0 Å². The summed E-state index contributed by atoms with van der Waals surface area (Å²) in [6.07, 6.45) is 0.993. The molecule has 0 aliphatic heterocycles. The van der Waals surface area contributed by atoms with Gasteiger partial charge in [0.2, 0.25) is 0 Å². The fraction of sp³-hybridized carbons (Fsp3) is 0.294. The molecule has 1 unspecified atom stereocenters. The van der Waals surface area contributed by atoms with Crippen LogP contribution in [0.15, 0.2) is 42.5 Å². The van der Waals surface area contributed by atoms with E-state index in [1.54, 1.807) is 6.07 Å². The molecule has 1 atom stereocenters. The van der Waals surface area contributed by atoms with Gasteiger partial charge in [0.25, 0.3) is 0 Å². The zero-order chi connectivity index (χ0) is 15.2. The summed E-state index contributed by atoms with van der Waals surface area (Å²) in [5.41, 5.74) is 1.67. The first-order chi connectivity index (χ1) is 10.2. The smallest absolute Gasteiger partial charge is 0.170 e. The van der Waals surface area contributed by atoms with Crippen LogP contribution >= 0.6 is 22.6 Å². The Balaban J connectivity index is 2.42. The second-order valence-corrected chi connectivity index (χ2v) is 6.05. The Morgan fingerprint density at radius 2 is 1.90 bits per heavy atom. The Hall–Kier alpha value is -1.14. The lowest BCUT2D eigenvalue weighted by Gasteiger charge is -2.21. The summed E-state index contributed by atoms with van der Waals surface area (Å²) in [6, 6.07) is 13.2. The van der Waals surface area contributed by atoms with Gasteiger partial charge in [-0.05, 0) is 59.3 Å². The number of ether oxygens (including phenoxy) is 1. The Kier molecular flexibility index (Phi) is 5.99. The van der Waals surface area contributed by atoms with E-state index in [-0.39, 0.29) is 17.6 Å². The topological polar surface area (TPSA) is 21.3 Å². The van der Waals surface area contributed by atoms with E-state index in [4.69, 9.17) is 4.74 Å². The first kappa shape index (κ1) is 16.2. The minimum absolute atomic E-state index is 0.169. The Morgan fingerprint density at radius 1 is 1.19 bits per heavy atom. The molecule has 0 bridgehead atoms. The van der Waals surface area contributed by atoms with Crippen molar-refractivity contribution in [1.29, 1.82) is 0 Å². The summed E-state index contributed by atoms with van der Waals surface area (Å²) in [5.74, 6) is -0.0199. The third-order valence-electron chi connectivity index (χ3n) is 3.33. The molecule has 2 rings (SSSR count). The van der Waals surface area contributed by atoms with E-state index in [1.165, 1.54) is 7.11 Å². The molecule has 112 valence electrons. The maximum atomic E-state index is 14.5. The summed E-state index contributed by atoms with van der Waals surface area (Å²) >= 11 is 2.27. The minimum Gasteiger partial charge on any atom is -0.494 e. The lowest BCUT2D eigenvalue weighted by Crippen LogP contribution is -2.24. The highest BCUT2D eigenvalue weighted by Crippen LogP contribution is 2.29. The predicted molar refractivity (Wildman–Crippen MR) is 92.2 cm³/mol. The van der Waals surface area contributed by atoms with E-state index in [0.717, 1.165) is 22.1 Å². The van der Waals surface area contributed by atoms with E-state index < -0.39 is 0 Å². The van der Waals surface area contributed by atoms with Crippen LogP contribution in [0.5, 0.6) is 5.75 Å². The molecule has 0 radical (unpaired) electrons. The van der Waals surface area contributed by atoms with Crippen molar-refractivity contribution >= 4 is 22.6 Å². The van der Waals surface area contributed by atoms with Gasteiger partial charge in [-0.15, -0.1) is 0 Å². The highest BCUT2D eigenvalue weighted by atomic mass is 127. The Bertz CT molecular complexity index is 586. The average Bonchev–Trinajstić information content (AvgIpc) is 2.50. The number of hydrogen-bond acceptors (Lipinski definition) is 2. The summed E-state index contributed by atoms with van der Waals surface area (Å²) in [4.78, 5) is 0. The fourth-order valence-electron chi connectivity index (χ4n) is 2.26. The van der Waals surface area contributed by atoms with Crippen LogP contribution in [-0.4, -0.2) is 13.7 Å². The van der Waals surface area contributed by atoms with E-state index in [2.05, 4.69) is 34.8 Å². The van der Waals surface area contributed by atoms with Gasteiger partial charge >= 0.3 is 0 Å². The zero-order valence-corrected chi connectivity index (χ0v) is 14.4. The third kappa shape index (κ3) is 3.95. The highest BCUT2D eigenvalue weighted by Gasteiger charge is 2.19. The molecule has 1 N–H and O–H groups in total. The van der Waals surface area contributed by atoms with Crippen molar-refractivity contribution in [3.05, 3.63) is 63.0 Å². The Morgan fingerprint density at radius 3 is 2.52 bits per heavy atom. The second kappa shape index (κ2) is 7.75. The zero-order valence-electron chi connectivity index (χ0n) is 12.2. The van der Waals surface area contributed by atoms with Gasteiger partial charge in [-0.1, -0.05) is 31.2 Å². The average molecular weight is 399 g/mol. The van der Waals surface area contributed by atoms with Crippen LogP contribution in [0.25, 0.3) is 0 Å². The van der Waals surface area contributed by atoms with Gasteiger partial charge in [0.1, 0.15) is 0 Å². The molecule has 0 aliphatic carbocycles. The first-order valence-electron chi connectivity index (χ1n) is 6.98. The third-order valence-corrected chi connectivity index (χ3v) is 4.05. The lowest BCUT2D eigenvalue weighted by molar-refractivity contribution is 0.381. The van der Waals surface area contributed by atoms with Gasteiger partial charge in [0, 0.05) is 9.13 Å². The SMILES string of the molecule is CCCNC(c1ccc(I)cc1)c1cccc(OC)c1F. The summed E-state index contributed by atoms with van der Waals surface area (Å²) in [6.45, 7) is 2.92. The van der Waals surface area contributed by atoms with Crippen molar-refractivity contribution in [2.24, 2.45) is 0 Å². The van der Waals surface area contributed by atoms with Crippen molar-refractivity contribution < 1.29 is 9.13 Å². The quantitative estimate of drug-likeness (QED) is 0.721. The molecule has 0 spiro atoms. The monoisotopic (exact) mass is 399 g/mol. The molecule has 21 heavy (non-hydrogen) atoms. The predicted octanol–water partition coefficient (Wildman–Crippen LogP) is 4.53. The standard InChI is InChI=1S/C17H19FINO/c1-3-11-20-17(12-7-9-13(19)10-8-12)14-5-4-6-15(21-2)16(14)18/h4-10,17,20H,3,11H2,1-2H3. The molecule has 0 amide bonds. The van der Waals surface area contributed by atoms with Gasteiger partial charge < -0.3 is 10.1 Å². The molecule has 2 nitrogen and oxygen atoms in total. The van der Waals surface area contributed by atoms with Crippen LogP contribution in [0.2, 0.25) is 0 Å². The van der Waals surface area contributed by atoms with Crippen LogP contribution in [0.1, 0.15) is 30.5 Å². The number of hydrogen-bond donors (Lipinski definition) is 1. The van der Waals surface area contributed by atoms with Crippen LogP contribution in [0.4, 0.5) is 4.39 Å². The van der Waals surface area contributed by atoms with Gasteiger partial charge in [-0.3, -0.25) is 0 Å². The molecule has 4 heteroatoms. The van der Waals surface area contributed by atoms with Crippen molar-refractivity contribution in [3.8, 4) is 5.75 Å². The van der Waals surface area contributed by atoms with Gasteiger partial charge in [-0.2, -0.15) is 0 Å². The van der Waals surface area contributed by atoms with Crippen molar-refractivity contribution in [3.63, 3.8) is 0 Å². The van der Waals surface area contributed by atoms with Gasteiger partial charge in [-0.25, -0.2) is 4.39 Å². The molecule has 0 saturated heterocycles. The summed E-state index contributed by atoms with van der Waals surface area (Å²) in [7, 11) is 1.49. The number of nitrogens with one attached hydrogen (secondary N) is 1. The molecular weight excluding hydrogens is 380 g/mol. The maximum absolute atomic E-state index is 14.5. The van der Waals surface area contributed by atoms with Crippen molar-refractivity contribution in [1.82, 2.24) is 5.32 Å². The highest BCUT2D eigenvalue weighted by molar-refractivity contribution is 14.1. The van der Waals surface area contributed by atoms with Crippen molar-refractivity contribution in [2.45, 2.75) is 19.4 Å². The van der Waals surface area contributed by atoms with Crippen LogP contribution in [-0.2, 0) is 0 Å². The minimum atomic E-state index is -0.299. The molecule has 0 saturated carbocycles. The Labute approximate surface area is 138 Å². The molecule has 0 aromatic heterocycles. The van der Waals surface area contributed by atoms with Crippen molar-refractivity contribution in [2.75, 3.05) is 13.7 Å². The van der Waals surface area contributed by atoms with Gasteiger partial charge in [0.15, 0.2) is 11.6 Å². The molecule has 2 aromatic carbocycles. The number of rotatable bonds is 6. The van der Waals surface area contributed by atoms with Gasteiger partial charge in [0.05, 0.1) is 13.2 Å². The van der Waals surface area contributed by atoms with E-state index in [9.17, 15) is 4.39 Å². The molecule has 0 heterocycles. The normalized spacial score (nSPS) is 12.2. The second-order valence-electron chi connectivity index (χ2n) is 4.80. The molecule has 0 aliphatic rings. The largest absolute Gasteiger partial charge is 0.494 e. The molecule has 0 fully saturated rings. The number of halogens is 2. The van der Waals surface area contributed by atoms with Crippen LogP contribution in [0, 0.1) is 9.39 Å². The lowest BCUT2D eigenvalue weighted by atomic mass is 9.97. The number of benzene rings is 2. The van der Waals surface area contributed by atoms with E-state index in [1.807, 2.05) is 36.4 Å². The fourth-order valence-corrected chi connectivity index (χ4v) is 2.62. The summed E-state index contributed by atoms with van der Waals surface area (Å²) in [5, 5.41) is 3.42. The van der Waals surface area contributed by atoms with E-state index in [0.29, 0.717) is 5.56 Å². The molecule has 2 aromatic rings. The number of methoxy groups -OCH3 is 1. The maximum Gasteiger partial charge on any atom is 0.170 e.